The minimum atomic E-state index is -3.31. The molecule has 0 heterocycles. The number of carbonyl (C=O) groups is 1. The molecule has 2 N–H and O–H groups in total. The van der Waals surface area contributed by atoms with Crippen molar-refractivity contribution in [3.63, 3.8) is 0 Å². The molecule has 0 radical (unpaired) electrons. The van der Waals surface area contributed by atoms with Gasteiger partial charge >= 0.3 is 0 Å². The molecular weight excluding hydrogens is 324 g/mol. The van der Waals surface area contributed by atoms with Gasteiger partial charge in [0.2, 0.25) is 15.9 Å². The Hall–Kier alpha value is -2.34. The van der Waals surface area contributed by atoms with Crippen LogP contribution in [0.4, 0.5) is 5.69 Å². The quantitative estimate of drug-likeness (QED) is 0.809. The largest absolute Gasteiger partial charge is 0.352 e. The second kappa shape index (κ2) is 7.97. The van der Waals surface area contributed by atoms with E-state index in [1.165, 1.54) is 0 Å². The molecule has 0 aromatic heterocycles. The Morgan fingerprint density at radius 3 is 2.46 bits per heavy atom. The first-order valence-corrected chi connectivity index (χ1v) is 9.61. The van der Waals surface area contributed by atoms with Crippen LogP contribution in [0.25, 0.3) is 0 Å². The summed E-state index contributed by atoms with van der Waals surface area (Å²) < 4.78 is 24.9. The number of sulfonamides is 1. The minimum Gasteiger partial charge on any atom is -0.352 e. The molecule has 1 amide bonds. The smallest absolute Gasteiger partial charge is 0.229 e. The van der Waals surface area contributed by atoms with Gasteiger partial charge < -0.3 is 5.32 Å². The Kier molecular flexibility index (Phi) is 5.98. The van der Waals surface area contributed by atoms with Crippen molar-refractivity contribution in [2.24, 2.45) is 0 Å². The molecule has 0 aliphatic carbocycles. The van der Waals surface area contributed by atoms with Crippen molar-refractivity contribution >= 4 is 21.6 Å². The van der Waals surface area contributed by atoms with E-state index in [0.29, 0.717) is 18.7 Å². The van der Waals surface area contributed by atoms with Crippen LogP contribution >= 0.6 is 0 Å². The average molecular weight is 346 g/mol. The Morgan fingerprint density at radius 1 is 1.08 bits per heavy atom. The monoisotopic (exact) mass is 346 g/mol. The van der Waals surface area contributed by atoms with Crippen LogP contribution in [-0.2, 0) is 21.4 Å². The third-order valence-electron chi connectivity index (χ3n) is 3.58. The summed E-state index contributed by atoms with van der Waals surface area (Å²) in [7, 11) is -3.31. The summed E-state index contributed by atoms with van der Waals surface area (Å²) in [6, 6.07) is 16.9. The molecular formula is C18H22N2O3S. The van der Waals surface area contributed by atoms with Crippen molar-refractivity contribution < 1.29 is 13.2 Å². The highest BCUT2D eigenvalue weighted by Crippen LogP contribution is 2.18. The molecule has 2 aromatic rings. The van der Waals surface area contributed by atoms with Crippen LogP contribution in [-0.4, -0.2) is 20.6 Å². The summed E-state index contributed by atoms with van der Waals surface area (Å²) in [6.45, 7) is 2.38. The number of amides is 1. The summed E-state index contributed by atoms with van der Waals surface area (Å²) in [5, 5.41) is 2.87. The third-order valence-corrected chi connectivity index (χ3v) is 4.19. The molecule has 0 aliphatic heterocycles. The van der Waals surface area contributed by atoms with Crippen molar-refractivity contribution in [3.8, 4) is 0 Å². The van der Waals surface area contributed by atoms with Gasteiger partial charge in [0.25, 0.3) is 0 Å². The molecule has 0 fully saturated rings. The first-order chi connectivity index (χ1) is 11.3. The molecule has 0 aliphatic rings. The fourth-order valence-corrected chi connectivity index (χ4v) is 2.96. The van der Waals surface area contributed by atoms with E-state index in [-0.39, 0.29) is 11.8 Å². The standard InChI is InChI=1S/C18H22N2O3S/c1-14(16-8-4-3-5-9-16)11-18(21)19-13-15-7-6-10-17(12-15)20-24(2,22)23/h3-10,12,14,20H,11,13H2,1-2H3,(H,19,21). The molecule has 0 bridgehead atoms. The molecule has 1 unspecified atom stereocenters. The lowest BCUT2D eigenvalue weighted by molar-refractivity contribution is -0.121. The van der Waals surface area contributed by atoms with Crippen molar-refractivity contribution in [3.05, 3.63) is 65.7 Å². The molecule has 0 saturated carbocycles. The van der Waals surface area contributed by atoms with Gasteiger partial charge in [-0.2, -0.15) is 0 Å². The van der Waals surface area contributed by atoms with Crippen LogP contribution in [0, 0.1) is 0 Å². The predicted molar refractivity (Wildman–Crippen MR) is 96.2 cm³/mol. The van der Waals surface area contributed by atoms with Gasteiger partial charge in [0.15, 0.2) is 0 Å². The van der Waals surface area contributed by atoms with E-state index >= 15 is 0 Å². The first kappa shape index (κ1) is 18.0. The normalized spacial score (nSPS) is 12.4. The maximum Gasteiger partial charge on any atom is 0.229 e. The Bertz CT molecular complexity index is 789. The Balaban J connectivity index is 1.89. The summed E-state index contributed by atoms with van der Waals surface area (Å²) in [4.78, 5) is 12.1. The van der Waals surface area contributed by atoms with Gasteiger partial charge in [-0.15, -0.1) is 0 Å². The molecule has 24 heavy (non-hydrogen) atoms. The van der Waals surface area contributed by atoms with Gasteiger partial charge in [0.05, 0.1) is 6.26 Å². The van der Waals surface area contributed by atoms with Crippen molar-refractivity contribution in [2.75, 3.05) is 11.0 Å². The second-order valence-electron chi connectivity index (χ2n) is 5.87. The highest BCUT2D eigenvalue weighted by Gasteiger charge is 2.11. The summed E-state index contributed by atoms with van der Waals surface area (Å²) in [6.07, 6.45) is 1.51. The lowest BCUT2D eigenvalue weighted by atomic mass is 9.97. The van der Waals surface area contributed by atoms with E-state index in [1.54, 1.807) is 18.2 Å². The van der Waals surface area contributed by atoms with Crippen LogP contribution < -0.4 is 10.0 Å². The highest BCUT2D eigenvalue weighted by atomic mass is 32.2. The van der Waals surface area contributed by atoms with Crippen molar-refractivity contribution in [2.45, 2.75) is 25.8 Å². The predicted octanol–water partition coefficient (Wildman–Crippen LogP) is 2.87. The molecule has 0 saturated heterocycles. The second-order valence-corrected chi connectivity index (χ2v) is 7.62. The van der Waals surface area contributed by atoms with Gasteiger partial charge in [-0.25, -0.2) is 8.42 Å². The fraction of sp³-hybridized carbons (Fsp3) is 0.278. The van der Waals surface area contributed by atoms with Crippen LogP contribution in [0.5, 0.6) is 0 Å². The molecule has 0 spiro atoms. The molecule has 6 heteroatoms. The van der Waals surface area contributed by atoms with Gasteiger partial charge in [-0.3, -0.25) is 9.52 Å². The topological polar surface area (TPSA) is 75.3 Å². The van der Waals surface area contributed by atoms with Crippen LogP contribution in [0.15, 0.2) is 54.6 Å². The maximum atomic E-state index is 12.1. The summed E-state index contributed by atoms with van der Waals surface area (Å²) >= 11 is 0. The average Bonchev–Trinajstić information content (AvgIpc) is 2.52. The summed E-state index contributed by atoms with van der Waals surface area (Å²) in [5.41, 5.74) is 2.46. The number of hydrogen-bond donors (Lipinski definition) is 2. The Morgan fingerprint density at radius 2 is 1.79 bits per heavy atom. The maximum absolute atomic E-state index is 12.1. The van der Waals surface area contributed by atoms with E-state index in [1.807, 2.05) is 43.3 Å². The third kappa shape index (κ3) is 6.04. The van der Waals surface area contributed by atoms with Crippen LogP contribution in [0.1, 0.15) is 30.4 Å². The van der Waals surface area contributed by atoms with Crippen molar-refractivity contribution in [1.82, 2.24) is 5.32 Å². The zero-order valence-corrected chi connectivity index (χ0v) is 14.6. The van der Waals surface area contributed by atoms with Gasteiger partial charge in [0.1, 0.15) is 0 Å². The van der Waals surface area contributed by atoms with E-state index in [4.69, 9.17) is 0 Å². The van der Waals surface area contributed by atoms with E-state index in [9.17, 15) is 13.2 Å². The number of anilines is 1. The van der Waals surface area contributed by atoms with Gasteiger partial charge in [0, 0.05) is 18.7 Å². The van der Waals surface area contributed by atoms with Gasteiger partial charge in [-0.1, -0.05) is 49.4 Å². The van der Waals surface area contributed by atoms with Crippen LogP contribution in [0.3, 0.4) is 0 Å². The number of hydrogen-bond acceptors (Lipinski definition) is 3. The van der Waals surface area contributed by atoms with Gasteiger partial charge in [-0.05, 0) is 29.2 Å². The van der Waals surface area contributed by atoms with E-state index < -0.39 is 10.0 Å². The molecule has 1 atom stereocenters. The minimum absolute atomic E-state index is 0.0344. The summed E-state index contributed by atoms with van der Waals surface area (Å²) in [5.74, 6) is 0.109. The molecule has 2 aromatic carbocycles. The zero-order valence-electron chi connectivity index (χ0n) is 13.8. The molecule has 5 nitrogen and oxygen atoms in total. The Labute approximate surface area is 143 Å². The van der Waals surface area contributed by atoms with Crippen LogP contribution in [0.2, 0.25) is 0 Å². The lowest BCUT2D eigenvalue weighted by Gasteiger charge is -2.12. The molecule has 128 valence electrons. The highest BCUT2D eigenvalue weighted by molar-refractivity contribution is 7.92. The SMILES string of the molecule is CC(CC(=O)NCc1cccc(NS(C)(=O)=O)c1)c1ccccc1. The number of nitrogens with one attached hydrogen (secondary N) is 2. The number of rotatable bonds is 7. The molecule has 2 rings (SSSR count). The zero-order chi connectivity index (χ0) is 17.6. The fourth-order valence-electron chi connectivity index (χ4n) is 2.41. The van der Waals surface area contributed by atoms with E-state index in [2.05, 4.69) is 10.0 Å². The van der Waals surface area contributed by atoms with Crippen molar-refractivity contribution in [1.29, 1.82) is 0 Å². The number of carbonyl (C=O) groups excluding carboxylic acids is 1. The first-order valence-electron chi connectivity index (χ1n) is 7.72. The lowest BCUT2D eigenvalue weighted by Crippen LogP contribution is -2.24. The number of benzene rings is 2. The van der Waals surface area contributed by atoms with E-state index in [0.717, 1.165) is 17.4 Å².